The molecule has 0 amide bonds. The fourth-order valence-corrected chi connectivity index (χ4v) is 3.35. The molecule has 0 unspecified atom stereocenters. The van der Waals surface area contributed by atoms with E-state index in [0.29, 0.717) is 159 Å². The highest BCUT2D eigenvalue weighted by Crippen LogP contribution is 2.11. The van der Waals surface area contributed by atoms with Gasteiger partial charge < -0.3 is 66.7 Å². The van der Waals surface area contributed by atoms with Gasteiger partial charge in [0.2, 0.25) is 0 Å². The molecule has 0 aromatic heterocycles. The molecule has 0 bridgehead atoms. The van der Waals surface area contributed by atoms with Crippen LogP contribution in [0.4, 0.5) is 0 Å². The van der Waals surface area contributed by atoms with Gasteiger partial charge in [-0.05, 0) is 17.7 Å². The summed E-state index contributed by atoms with van der Waals surface area (Å²) in [5.41, 5.74) is 0.854. The van der Waals surface area contributed by atoms with E-state index in [1.54, 1.807) is 7.11 Å². The molecule has 1 aromatic rings. The summed E-state index contributed by atoms with van der Waals surface area (Å²) >= 11 is 0. The first-order valence-electron chi connectivity index (χ1n) is 16.0. The number of hydrogen-bond donors (Lipinski definition) is 1. The molecular weight excluding hydrogens is 608 g/mol. The topological polar surface area (TPSA) is 140 Å². The fraction of sp³-hybridized carbons (Fsp3) is 0.812. The first kappa shape index (κ1) is 42.5. The molecule has 0 aliphatic carbocycles. The van der Waals surface area contributed by atoms with Crippen molar-refractivity contribution < 1.29 is 66.7 Å². The van der Waals surface area contributed by atoms with E-state index in [0.717, 1.165) is 11.3 Å². The van der Waals surface area contributed by atoms with Gasteiger partial charge in [-0.15, -0.1) is 0 Å². The summed E-state index contributed by atoms with van der Waals surface area (Å²) in [7, 11) is 1.64. The van der Waals surface area contributed by atoms with Gasteiger partial charge in [-0.1, -0.05) is 12.1 Å². The summed E-state index contributed by atoms with van der Waals surface area (Å²) in [6.45, 7) is 12.4. The van der Waals surface area contributed by atoms with Crippen molar-refractivity contribution in [1.29, 1.82) is 0 Å². The molecule has 0 fully saturated rings. The molecule has 14 heteroatoms. The second-order valence-electron chi connectivity index (χ2n) is 9.38. The minimum absolute atomic E-state index is 0.0248. The lowest BCUT2D eigenvalue weighted by molar-refractivity contribution is -0.0282. The molecule has 46 heavy (non-hydrogen) atoms. The van der Waals surface area contributed by atoms with Crippen molar-refractivity contribution in [1.82, 2.24) is 0 Å². The van der Waals surface area contributed by atoms with Gasteiger partial charge in [0.15, 0.2) is 0 Å². The lowest BCUT2D eigenvalue weighted by Crippen LogP contribution is -2.15. The van der Waals surface area contributed by atoms with Crippen LogP contribution in [0, 0.1) is 0 Å². The lowest BCUT2D eigenvalue weighted by Gasteiger charge is -2.09. The summed E-state index contributed by atoms with van der Waals surface area (Å²) in [5, 5.41) is 9.03. The average molecular weight is 667 g/mol. The van der Waals surface area contributed by atoms with Crippen LogP contribution in [0.15, 0.2) is 24.3 Å². The van der Waals surface area contributed by atoms with E-state index in [1.165, 1.54) is 0 Å². The lowest BCUT2D eigenvalue weighted by atomic mass is 10.2. The van der Waals surface area contributed by atoms with E-state index < -0.39 is 0 Å². The Kier molecular flexibility index (Phi) is 33.6. The molecule has 1 aromatic carbocycles. The van der Waals surface area contributed by atoms with Gasteiger partial charge in [-0.3, -0.25) is 0 Å². The van der Waals surface area contributed by atoms with Crippen molar-refractivity contribution >= 4 is 0 Å². The normalized spacial score (nSPS) is 11.4. The molecule has 0 spiro atoms. The number of methoxy groups -OCH3 is 1. The summed E-state index contributed by atoms with van der Waals surface area (Å²) in [5.74, 6) is 0.751. The van der Waals surface area contributed by atoms with Gasteiger partial charge in [-0.25, -0.2) is 0 Å². The van der Waals surface area contributed by atoms with E-state index in [1.807, 2.05) is 24.3 Å². The molecule has 14 nitrogen and oxygen atoms in total. The van der Waals surface area contributed by atoms with Crippen LogP contribution in [0.3, 0.4) is 0 Å². The molecule has 0 aliphatic heterocycles. The first-order valence-corrected chi connectivity index (χ1v) is 16.0. The molecule has 0 aliphatic rings. The highest BCUT2D eigenvalue weighted by molar-refractivity contribution is 5.26. The van der Waals surface area contributed by atoms with Crippen LogP contribution in [0.1, 0.15) is 5.56 Å². The molecular formula is C32H58O14. The molecule has 1 rings (SSSR count). The van der Waals surface area contributed by atoms with Crippen molar-refractivity contribution in [3.8, 4) is 5.75 Å². The van der Waals surface area contributed by atoms with Gasteiger partial charge in [0.05, 0.1) is 159 Å². The number of hydrogen-bond acceptors (Lipinski definition) is 14. The number of aliphatic hydroxyl groups excluding tert-OH is 1. The van der Waals surface area contributed by atoms with Crippen LogP contribution in [0.2, 0.25) is 0 Å². The predicted molar refractivity (Wildman–Crippen MR) is 169 cm³/mol. The Labute approximate surface area is 274 Å². The smallest absolute Gasteiger partial charge is 0.119 e. The Morgan fingerprint density at radius 2 is 0.587 bits per heavy atom. The Balaban J connectivity index is 1.63. The average Bonchev–Trinajstić information content (AvgIpc) is 3.08. The summed E-state index contributed by atoms with van der Waals surface area (Å²) < 4.78 is 70.4. The quantitative estimate of drug-likeness (QED) is 0.102. The number of rotatable bonds is 38. The predicted octanol–water partition coefficient (Wildman–Crippen LogP) is 1.39. The zero-order valence-corrected chi connectivity index (χ0v) is 27.7. The summed E-state index contributed by atoms with van der Waals surface area (Å²) in [4.78, 5) is 0. The van der Waals surface area contributed by atoms with Gasteiger partial charge in [0.1, 0.15) is 12.4 Å². The molecule has 0 atom stereocenters. The zero-order valence-electron chi connectivity index (χ0n) is 27.7. The maximum Gasteiger partial charge on any atom is 0.119 e. The zero-order chi connectivity index (χ0) is 32.9. The van der Waals surface area contributed by atoms with E-state index in [-0.39, 0.29) is 6.61 Å². The molecule has 0 heterocycles. The molecule has 270 valence electrons. The van der Waals surface area contributed by atoms with Crippen LogP contribution in [-0.4, -0.2) is 171 Å². The minimum Gasteiger partial charge on any atom is -0.491 e. The van der Waals surface area contributed by atoms with Gasteiger partial charge in [0, 0.05) is 7.11 Å². The third-order valence-electron chi connectivity index (χ3n) is 5.75. The summed E-state index contributed by atoms with van der Waals surface area (Å²) in [6, 6.07) is 7.31. The Hall–Kier alpha value is -1.50. The van der Waals surface area contributed by atoms with E-state index in [4.69, 9.17) is 66.7 Å². The molecule has 1 N–H and O–H groups in total. The fourth-order valence-electron chi connectivity index (χ4n) is 3.35. The molecule has 0 saturated carbocycles. The Morgan fingerprint density at radius 1 is 0.348 bits per heavy atom. The molecule has 0 radical (unpaired) electrons. The number of ether oxygens (including phenoxy) is 13. The monoisotopic (exact) mass is 666 g/mol. The summed E-state index contributed by atoms with van der Waals surface area (Å²) in [6.07, 6.45) is 0. The minimum atomic E-state index is 0.0248. The van der Waals surface area contributed by atoms with Crippen LogP contribution in [0.25, 0.3) is 0 Å². The Morgan fingerprint density at radius 3 is 0.826 bits per heavy atom. The van der Waals surface area contributed by atoms with Crippen molar-refractivity contribution in [3.05, 3.63) is 29.8 Å². The van der Waals surface area contributed by atoms with Crippen molar-refractivity contribution in [2.75, 3.05) is 166 Å². The van der Waals surface area contributed by atoms with Crippen LogP contribution < -0.4 is 4.74 Å². The third kappa shape index (κ3) is 31.1. The highest BCUT2D eigenvalue weighted by atomic mass is 16.6. The van der Waals surface area contributed by atoms with Gasteiger partial charge >= 0.3 is 0 Å². The van der Waals surface area contributed by atoms with Crippen LogP contribution in [-0.2, 0) is 63.4 Å². The van der Waals surface area contributed by atoms with Gasteiger partial charge in [0.25, 0.3) is 0 Å². The highest BCUT2D eigenvalue weighted by Gasteiger charge is 1.98. The maximum atomic E-state index is 9.03. The standard InChI is InChI=1S/C32H58O14/c1-34-6-7-35-8-9-36-10-11-37-12-13-38-14-15-39-16-17-40-18-19-41-20-21-42-22-23-43-24-25-44-26-27-45-28-29-46-32-4-2-31(30-33)3-5-32/h2-5,33H,6-30H2,1H3. The van der Waals surface area contributed by atoms with Crippen molar-refractivity contribution in [2.24, 2.45) is 0 Å². The van der Waals surface area contributed by atoms with Crippen LogP contribution >= 0.6 is 0 Å². The Bertz CT molecular complexity index is 713. The van der Waals surface area contributed by atoms with Crippen molar-refractivity contribution in [2.45, 2.75) is 6.61 Å². The largest absolute Gasteiger partial charge is 0.491 e. The van der Waals surface area contributed by atoms with Gasteiger partial charge in [-0.2, -0.15) is 0 Å². The second kappa shape index (κ2) is 36.3. The first-order chi connectivity index (χ1) is 22.9. The molecule has 0 saturated heterocycles. The van der Waals surface area contributed by atoms with E-state index in [2.05, 4.69) is 0 Å². The number of benzene rings is 1. The number of aliphatic hydroxyl groups is 1. The van der Waals surface area contributed by atoms with E-state index >= 15 is 0 Å². The van der Waals surface area contributed by atoms with Crippen LogP contribution in [0.5, 0.6) is 5.75 Å². The third-order valence-corrected chi connectivity index (χ3v) is 5.75. The second-order valence-corrected chi connectivity index (χ2v) is 9.38. The SMILES string of the molecule is COCCOCCOCCOCCOCCOCCOCCOCCOCCOCCOCCOCCOc1ccc(CO)cc1. The van der Waals surface area contributed by atoms with Crippen molar-refractivity contribution in [3.63, 3.8) is 0 Å². The maximum absolute atomic E-state index is 9.03. The van der Waals surface area contributed by atoms with E-state index in [9.17, 15) is 0 Å².